The van der Waals surface area contributed by atoms with Gasteiger partial charge >= 0.3 is 0 Å². The Morgan fingerprint density at radius 2 is 2.00 bits per heavy atom. The summed E-state index contributed by atoms with van der Waals surface area (Å²) in [6.45, 7) is 6.16. The lowest BCUT2D eigenvalue weighted by Gasteiger charge is -2.29. The maximum Gasteiger partial charge on any atom is 0.252 e. The van der Waals surface area contributed by atoms with Crippen LogP contribution in [0.1, 0.15) is 28.0 Å². The Balaban J connectivity index is 1.27. The summed E-state index contributed by atoms with van der Waals surface area (Å²) in [6, 6.07) is 8.78. The lowest BCUT2D eigenvalue weighted by atomic mass is 9.94. The molecule has 4 rings (SSSR count). The van der Waals surface area contributed by atoms with E-state index >= 15 is 0 Å². The number of benzene rings is 1. The first kappa shape index (κ1) is 18.0. The molecule has 27 heavy (non-hydrogen) atoms. The van der Waals surface area contributed by atoms with Gasteiger partial charge in [-0.2, -0.15) is 5.10 Å². The van der Waals surface area contributed by atoms with Crippen LogP contribution >= 0.6 is 0 Å². The second-order valence-electron chi connectivity index (χ2n) is 7.35. The Kier molecular flexibility index (Phi) is 5.40. The zero-order valence-electron chi connectivity index (χ0n) is 15.6. The number of ether oxygens (including phenoxy) is 1. The number of carbonyl (C=O) groups is 1. The molecule has 0 bridgehead atoms. The maximum absolute atomic E-state index is 11.5. The van der Waals surface area contributed by atoms with Gasteiger partial charge in [0, 0.05) is 31.9 Å². The van der Waals surface area contributed by atoms with Gasteiger partial charge in [-0.25, -0.2) is 0 Å². The minimum Gasteiger partial charge on any atom is -0.378 e. The van der Waals surface area contributed by atoms with Crippen molar-refractivity contribution in [2.75, 3.05) is 37.7 Å². The van der Waals surface area contributed by atoms with Crippen molar-refractivity contribution in [1.29, 1.82) is 0 Å². The number of nitrogens with two attached hydrogens (primary N) is 1. The number of primary amides is 1. The van der Waals surface area contributed by atoms with Gasteiger partial charge in [0.2, 0.25) is 0 Å². The monoisotopic (exact) mass is 369 g/mol. The van der Waals surface area contributed by atoms with E-state index < -0.39 is 0 Å². The highest BCUT2D eigenvalue weighted by Crippen LogP contribution is 2.22. The number of fused-ring (bicyclic) bond motifs is 1. The molecule has 7 nitrogen and oxygen atoms in total. The molecule has 2 aliphatic rings. The van der Waals surface area contributed by atoms with Crippen molar-refractivity contribution in [2.24, 2.45) is 11.7 Å². The number of aryl methyl sites for hydroxylation is 1. The molecule has 1 saturated heterocycles. The normalized spacial score (nSPS) is 19.7. The Bertz CT molecular complexity index is 780. The molecule has 0 aliphatic carbocycles. The van der Waals surface area contributed by atoms with Gasteiger partial charge in [-0.3, -0.25) is 9.48 Å². The summed E-state index contributed by atoms with van der Waals surface area (Å²) < 4.78 is 7.33. The zero-order chi connectivity index (χ0) is 18.6. The van der Waals surface area contributed by atoms with Gasteiger partial charge in [-0.05, 0) is 43.0 Å². The van der Waals surface area contributed by atoms with Gasteiger partial charge in [-0.1, -0.05) is 12.1 Å². The first-order chi connectivity index (χ1) is 13.2. The summed E-state index contributed by atoms with van der Waals surface area (Å²) in [5.41, 5.74) is 9.55. The molecule has 144 valence electrons. The van der Waals surface area contributed by atoms with E-state index in [9.17, 15) is 4.79 Å². The molecular formula is C20H27N5O2. The van der Waals surface area contributed by atoms with Crippen molar-refractivity contribution >= 4 is 11.6 Å². The third-order valence-electron chi connectivity index (χ3n) is 5.52. The molecule has 1 amide bonds. The minimum atomic E-state index is -0.384. The SMILES string of the molecule is NC(=O)c1cnn2c1C[C@H](CNCc1ccc(N3CCOCC3)cc1)CC2. The average Bonchev–Trinajstić information content (AvgIpc) is 3.13. The molecule has 0 spiro atoms. The average molecular weight is 369 g/mol. The van der Waals surface area contributed by atoms with Gasteiger partial charge in [0.1, 0.15) is 0 Å². The van der Waals surface area contributed by atoms with E-state index in [-0.39, 0.29) is 5.91 Å². The standard InChI is InChI=1S/C20H27N5O2/c21-20(26)18-14-23-25-6-5-16(11-19(18)25)13-22-12-15-1-3-17(4-2-15)24-7-9-27-10-8-24/h1-4,14,16,22H,5-13H2,(H2,21,26)/t16-/m1/s1. The highest BCUT2D eigenvalue weighted by atomic mass is 16.5. The molecule has 3 N–H and O–H groups in total. The molecule has 0 saturated carbocycles. The van der Waals surface area contributed by atoms with Gasteiger partial charge in [0.05, 0.1) is 30.7 Å². The summed E-state index contributed by atoms with van der Waals surface area (Å²) in [5.74, 6) is 0.116. The fraction of sp³-hybridized carbons (Fsp3) is 0.500. The molecular weight excluding hydrogens is 342 g/mol. The van der Waals surface area contributed by atoms with Gasteiger partial charge < -0.3 is 20.7 Å². The quantitative estimate of drug-likeness (QED) is 0.798. The summed E-state index contributed by atoms with van der Waals surface area (Å²) in [6.07, 6.45) is 3.51. The Morgan fingerprint density at radius 1 is 1.22 bits per heavy atom. The Labute approximate surface area is 159 Å². The van der Waals surface area contributed by atoms with Crippen molar-refractivity contribution in [2.45, 2.75) is 25.9 Å². The number of morpholine rings is 1. The molecule has 3 heterocycles. The van der Waals surface area contributed by atoms with Crippen molar-refractivity contribution in [1.82, 2.24) is 15.1 Å². The van der Waals surface area contributed by atoms with Crippen molar-refractivity contribution in [3.8, 4) is 0 Å². The Morgan fingerprint density at radius 3 is 2.74 bits per heavy atom. The fourth-order valence-corrected chi connectivity index (χ4v) is 3.95. The van der Waals surface area contributed by atoms with Crippen molar-refractivity contribution < 1.29 is 9.53 Å². The van der Waals surface area contributed by atoms with Crippen LogP contribution in [0.2, 0.25) is 0 Å². The second kappa shape index (κ2) is 8.10. The summed E-state index contributed by atoms with van der Waals surface area (Å²) >= 11 is 0. The van der Waals surface area contributed by atoms with Crippen LogP contribution in [0, 0.1) is 5.92 Å². The smallest absolute Gasteiger partial charge is 0.252 e. The van der Waals surface area contributed by atoms with Crippen molar-refractivity contribution in [3.05, 3.63) is 47.3 Å². The molecule has 0 unspecified atom stereocenters. The lowest BCUT2D eigenvalue weighted by Crippen LogP contribution is -2.36. The number of rotatable bonds is 6. The van der Waals surface area contributed by atoms with Crippen LogP contribution in [0.3, 0.4) is 0 Å². The first-order valence-electron chi connectivity index (χ1n) is 9.67. The highest BCUT2D eigenvalue weighted by molar-refractivity contribution is 5.93. The molecule has 1 atom stereocenters. The van der Waals surface area contributed by atoms with Crippen LogP contribution in [0.15, 0.2) is 30.5 Å². The predicted molar refractivity (Wildman–Crippen MR) is 104 cm³/mol. The number of nitrogens with zero attached hydrogens (tertiary/aromatic N) is 3. The van der Waals surface area contributed by atoms with Crippen LogP contribution in [0.25, 0.3) is 0 Å². The molecule has 2 aromatic rings. The third kappa shape index (κ3) is 4.14. The Hall–Kier alpha value is -2.38. The predicted octanol–water partition coefficient (Wildman–Crippen LogP) is 1.17. The largest absolute Gasteiger partial charge is 0.378 e. The van der Waals surface area contributed by atoms with E-state index in [1.54, 1.807) is 6.20 Å². The molecule has 1 aromatic carbocycles. The van der Waals surface area contributed by atoms with Crippen LogP contribution < -0.4 is 16.0 Å². The molecule has 2 aliphatic heterocycles. The van der Waals surface area contributed by atoms with E-state index in [1.165, 1.54) is 11.3 Å². The lowest BCUT2D eigenvalue weighted by molar-refractivity contribution is 0.0998. The fourth-order valence-electron chi connectivity index (χ4n) is 3.95. The number of aromatic nitrogens is 2. The number of carbonyl (C=O) groups excluding carboxylic acids is 1. The number of hydrogen-bond donors (Lipinski definition) is 2. The molecule has 7 heteroatoms. The zero-order valence-corrected chi connectivity index (χ0v) is 15.6. The van der Waals surface area contributed by atoms with Crippen LogP contribution in [-0.2, 0) is 24.2 Å². The number of anilines is 1. The van der Waals surface area contributed by atoms with Gasteiger partial charge in [0.25, 0.3) is 5.91 Å². The molecule has 1 aromatic heterocycles. The minimum absolute atomic E-state index is 0.384. The number of nitrogens with one attached hydrogen (secondary N) is 1. The molecule has 1 fully saturated rings. The summed E-state index contributed by atoms with van der Waals surface area (Å²) in [4.78, 5) is 13.9. The van der Waals surface area contributed by atoms with E-state index in [0.717, 1.165) is 64.5 Å². The maximum atomic E-state index is 11.5. The van der Waals surface area contributed by atoms with Gasteiger partial charge in [-0.15, -0.1) is 0 Å². The van der Waals surface area contributed by atoms with E-state index in [2.05, 4.69) is 39.6 Å². The van der Waals surface area contributed by atoms with Crippen LogP contribution in [0.4, 0.5) is 5.69 Å². The van der Waals surface area contributed by atoms with Crippen LogP contribution in [0.5, 0.6) is 0 Å². The highest BCUT2D eigenvalue weighted by Gasteiger charge is 2.24. The number of hydrogen-bond acceptors (Lipinski definition) is 5. The topological polar surface area (TPSA) is 85.4 Å². The second-order valence-corrected chi connectivity index (χ2v) is 7.35. The molecule has 0 radical (unpaired) electrons. The first-order valence-corrected chi connectivity index (χ1v) is 9.67. The summed E-state index contributed by atoms with van der Waals surface area (Å²) in [5, 5.41) is 7.83. The van der Waals surface area contributed by atoms with Crippen molar-refractivity contribution in [3.63, 3.8) is 0 Å². The van der Waals surface area contributed by atoms with E-state index in [0.29, 0.717) is 11.5 Å². The van der Waals surface area contributed by atoms with Crippen LogP contribution in [-0.4, -0.2) is 48.5 Å². The van der Waals surface area contributed by atoms with Gasteiger partial charge in [0.15, 0.2) is 0 Å². The van der Waals surface area contributed by atoms with E-state index in [1.807, 2.05) is 4.68 Å². The third-order valence-corrected chi connectivity index (χ3v) is 5.52. The number of amides is 1. The van der Waals surface area contributed by atoms with E-state index in [4.69, 9.17) is 10.5 Å². The summed E-state index contributed by atoms with van der Waals surface area (Å²) in [7, 11) is 0.